The van der Waals surface area contributed by atoms with Crippen molar-refractivity contribution in [2.45, 2.75) is 49.4 Å². The van der Waals surface area contributed by atoms with E-state index in [1.54, 1.807) is 0 Å². The maximum atomic E-state index is 13.0. The molecule has 0 spiro atoms. The number of fused-ring (bicyclic) bond motifs is 1. The van der Waals surface area contributed by atoms with Gasteiger partial charge in [-0.05, 0) is 30.5 Å². The van der Waals surface area contributed by atoms with Gasteiger partial charge in [-0.3, -0.25) is 9.59 Å². The van der Waals surface area contributed by atoms with E-state index in [4.69, 9.17) is 0 Å². The number of aromatic amines is 1. The van der Waals surface area contributed by atoms with Crippen LogP contribution in [0.3, 0.4) is 0 Å². The van der Waals surface area contributed by atoms with Gasteiger partial charge in [0.15, 0.2) is 10.9 Å². The molecule has 5 nitrogen and oxygen atoms in total. The van der Waals surface area contributed by atoms with Crippen molar-refractivity contribution in [1.82, 2.24) is 9.97 Å². The molecule has 2 N–H and O–H groups in total. The summed E-state index contributed by atoms with van der Waals surface area (Å²) in [6.45, 7) is 4.12. The molecule has 4 rings (SSSR count). The number of Topliss-reactive ketones (excluding diaryl/α,β-unsaturated/α-hetero) is 1. The molecule has 0 saturated carbocycles. The summed E-state index contributed by atoms with van der Waals surface area (Å²) < 4.78 is 0.918. The van der Waals surface area contributed by atoms with Gasteiger partial charge in [0.1, 0.15) is 5.82 Å². The number of ketones is 1. The lowest BCUT2D eigenvalue weighted by atomic mass is 9.76. The highest BCUT2D eigenvalue weighted by Gasteiger charge is 2.37. The molecule has 2 aliphatic rings. The fraction of sp³-hybridized carbons (Fsp3) is 0.350. The quantitative estimate of drug-likeness (QED) is 0.533. The van der Waals surface area contributed by atoms with Crippen LogP contribution in [0.15, 0.2) is 50.0 Å². The van der Waals surface area contributed by atoms with Crippen molar-refractivity contribution in [3.05, 3.63) is 61.5 Å². The minimum Gasteiger partial charge on any atom is -0.343 e. The third kappa shape index (κ3) is 3.50. The first-order chi connectivity index (χ1) is 12.9. The van der Waals surface area contributed by atoms with Gasteiger partial charge in [0, 0.05) is 33.3 Å². The molecular weight excluding hydrogens is 426 g/mol. The number of nitrogens with one attached hydrogen (secondary N) is 2. The summed E-state index contributed by atoms with van der Waals surface area (Å²) in [5, 5.41) is 4.21. The van der Waals surface area contributed by atoms with Crippen molar-refractivity contribution in [2.75, 3.05) is 5.32 Å². The lowest BCUT2D eigenvalue weighted by Crippen LogP contribution is -2.32. The molecule has 1 atom stereocenters. The molecule has 1 unspecified atom stereocenters. The van der Waals surface area contributed by atoms with Crippen molar-refractivity contribution in [1.29, 1.82) is 0 Å². The van der Waals surface area contributed by atoms with Gasteiger partial charge in [-0.2, -0.15) is 0 Å². The molecule has 140 valence electrons. The Morgan fingerprint density at radius 1 is 1.26 bits per heavy atom. The number of aromatic nitrogens is 2. The second-order valence-electron chi connectivity index (χ2n) is 7.08. The SMILES string of the molecule is CC(C)Sc1nc2c(c(=O)[nH]1)C(c1cccc(Br)c1)C1=C(CCCC1=O)N2. The first-order valence-electron chi connectivity index (χ1n) is 9.03. The van der Waals surface area contributed by atoms with Crippen LogP contribution in [0.25, 0.3) is 0 Å². The molecule has 0 saturated heterocycles. The summed E-state index contributed by atoms with van der Waals surface area (Å²) >= 11 is 5.03. The minimum atomic E-state index is -0.393. The Bertz CT molecular complexity index is 1010. The molecule has 1 aliphatic carbocycles. The number of hydrogen-bond donors (Lipinski definition) is 2. The van der Waals surface area contributed by atoms with Crippen molar-refractivity contribution < 1.29 is 4.79 Å². The van der Waals surface area contributed by atoms with Gasteiger partial charge >= 0.3 is 0 Å². The van der Waals surface area contributed by atoms with Crippen LogP contribution in [-0.4, -0.2) is 21.0 Å². The number of carbonyl (C=O) groups is 1. The van der Waals surface area contributed by atoms with Crippen LogP contribution in [0.1, 0.15) is 50.2 Å². The molecule has 27 heavy (non-hydrogen) atoms. The first kappa shape index (κ1) is 18.5. The molecule has 0 fully saturated rings. The summed E-state index contributed by atoms with van der Waals surface area (Å²) in [6.07, 6.45) is 2.14. The van der Waals surface area contributed by atoms with E-state index in [-0.39, 0.29) is 11.3 Å². The van der Waals surface area contributed by atoms with Crippen LogP contribution in [0.4, 0.5) is 5.82 Å². The van der Waals surface area contributed by atoms with Crippen LogP contribution < -0.4 is 10.9 Å². The zero-order valence-corrected chi connectivity index (χ0v) is 17.5. The smallest absolute Gasteiger partial charge is 0.257 e. The number of H-pyrrole nitrogens is 1. The van der Waals surface area contributed by atoms with E-state index in [9.17, 15) is 9.59 Å². The van der Waals surface area contributed by atoms with Crippen LogP contribution in [0, 0.1) is 0 Å². The summed E-state index contributed by atoms with van der Waals surface area (Å²) in [5.74, 6) is 0.288. The zero-order valence-electron chi connectivity index (χ0n) is 15.1. The fourth-order valence-corrected chi connectivity index (χ4v) is 4.90. The Morgan fingerprint density at radius 3 is 2.81 bits per heavy atom. The summed E-state index contributed by atoms with van der Waals surface area (Å²) in [5.41, 5.74) is 2.87. The van der Waals surface area contributed by atoms with E-state index in [1.165, 1.54) is 11.8 Å². The Balaban J connectivity index is 1.93. The molecular formula is C20H20BrN3O2S. The number of carbonyl (C=O) groups excluding carboxylic acids is 1. The molecule has 2 aromatic rings. The zero-order chi connectivity index (χ0) is 19.1. The topological polar surface area (TPSA) is 74.8 Å². The highest BCUT2D eigenvalue weighted by atomic mass is 79.9. The molecule has 1 aromatic carbocycles. The normalized spacial score (nSPS) is 19.0. The monoisotopic (exact) mass is 445 g/mol. The molecule has 1 aromatic heterocycles. The fourth-order valence-electron chi connectivity index (χ4n) is 3.74. The van der Waals surface area contributed by atoms with Gasteiger partial charge in [0.05, 0.1) is 5.56 Å². The van der Waals surface area contributed by atoms with Gasteiger partial charge in [-0.25, -0.2) is 4.98 Å². The highest BCUT2D eigenvalue weighted by Crippen LogP contribution is 2.43. The third-order valence-electron chi connectivity index (χ3n) is 4.77. The number of anilines is 1. The molecule has 0 radical (unpaired) electrons. The molecule has 7 heteroatoms. The largest absolute Gasteiger partial charge is 0.343 e. The molecule has 0 bridgehead atoms. The number of rotatable bonds is 3. The van der Waals surface area contributed by atoms with Crippen LogP contribution >= 0.6 is 27.7 Å². The van der Waals surface area contributed by atoms with Crippen molar-refractivity contribution >= 4 is 39.3 Å². The summed E-state index contributed by atoms with van der Waals surface area (Å²) in [6, 6.07) is 7.81. The van der Waals surface area contributed by atoms with Gasteiger partial charge in [0.2, 0.25) is 0 Å². The highest BCUT2D eigenvalue weighted by molar-refractivity contribution is 9.10. The maximum absolute atomic E-state index is 13.0. The van der Waals surface area contributed by atoms with Gasteiger partial charge < -0.3 is 10.3 Å². The number of hydrogen-bond acceptors (Lipinski definition) is 5. The van der Waals surface area contributed by atoms with E-state index < -0.39 is 5.92 Å². The van der Waals surface area contributed by atoms with Crippen molar-refractivity contribution in [3.8, 4) is 0 Å². The number of nitrogens with zero attached hydrogens (tertiary/aromatic N) is 1. The Morgan fingerprint density at radius 2 is 2.07 bits per heavy atom. The van der Waals surface area contributed by atoms with E-state index in [2.05, 4.69) is 45.1 Å². The maximum Gasteiger partial charge on any atom is 0.257 e. The molecule has 1 aliphatic heterocycles. The lowest BCUT2D eigenvalue weighted by Gasteiger charge is -2.32. The summed E-state index contributed by atoms with van der Waals surface area (Å²) in [4.78, 5) is 33.4. The van der Waals surface area contributed by atoms with Gasteiger partial charge in [0.25, 0.3) is 5.56 Å². The second-order valence-corrected chi connectivity index (χ2v) is 9.56. The number of thioether (sulfide) groups is 1. The number of benzene rings is 1. The average molecular weight is 446 g/mol. The van der Waals surface area contributed by atoms with E-state index >= 15 is 0 Å². The first-order valence-corrected chi connectivity index (χ1v) is 10.7. The molecule has 0 amide bonds. The Hall–Kier alpha value is -1.86. The standard InChI is InChI=1S/C20H20BrN3O2S/c1-10(2)27-20-23-18-17(19(26)24-20)15(11-5-3-6-12(21)9-11)16-13(22-18)7-4-8-14(16)25/h3,5-6,9-10,15H,4,7-8H2,1-2H3,(H2,22,23,24,26). The minimum absolute atomic E-state index is 0.111. The Labute approximate surface area is 170 Å². The Kier molecular flexibility index (Phi) is 4.99. The van der Waals surface area contributed by atoms with E-state index in [0.29, 0.717) is 33.8 Å². The van der Waals surface area contributed by atoms with Crippen molar-refractivity contribution in [3.63, 3.8) is 0 Å². The average Bonchev–Trinajstić information content (AvgIpc) is 2.59. The number of allylic oxidation sites excluding steroid dienone is 2. The van der Waals surface area contributed by atoms with Crippen LogP contribution in [-0.2, 0) is 4.79 Å². The second kappa shape index (κ2) is 7.28. The predicted molar refractivity (Wildman–Crippen MR) is 111 cm³/mol. The summed E-state index contributed by atoms with van der Waals surface area (Å²) in [7, 11) is 0. The van der Waals surface area contributed by atoms with Crippen LogP contribution in [0.2, 0.25) is 0 Å². The molecule has 2 heterocycles. The van der Waals surface area contributed by atoms with E-state index in [0.717, 1.165) is 28.6 Å². The van der Waals surface area contributed by atoms with Gasteiger partial charge in [-0.15, -0.1) is 0 Å². The number of halogens is 1. The van der Waals surface area contributed by atoms with Gasteiger partial charge in [-0.1, -0.05) is 53.7 Å². The predicted octanol–water partition coefficient (Wildman–Crippen LogP) is 4.60. The third-order valence-corrected chi connectivity index (χ3v) is 6.15. The van der Waals surface area contributed by atoms with Crippen molar-refractivity contribution in [2.24, 2.45) is 0 Å². The van der Waals surface area contributed by atoms with E-state index in [1.807, 2.05) is 24.3 Å². The van der Waals surface area contributed by atoms with Crippen LogP contribution in [0.5, 0.6) is 0 Å². The lowest BCUT2D eigenvalue weighted by molar-refractivity contribution is -0.116.